The molecule has 1 unspecified atom stereocenters. The maximum atomic E-state index is 13.0. The van der Waals surface area contributed by atoms with E-state index in [-0.39, 0.29) is 17.5 Å². The number of sulfonamides is 1. The second kappa shape index (κ2) is 7.66. The fourth-order valence-corrected chi connectivity index (χ4v) is 4.68. The Balaban J connectivity index is 1.48. The van der Waals surface area contributed by atoms with Crippen LogP contribution >= 0.6 is 0 Å². The van der Waals surface area contributed by atoms with E-state index < -0.39 is 10.0 Å². The van der Waals surface area contributed by atoms with Crippen LogP contribution in [0.25, 0.3) is 0 Å². The summed E-state index contributed by atoms with van der Waals surface area (Å²) in [5, 5.41) is 8.96. The smallest absolute Gasteiger partial charge is 0.243 e. The van der Waals surface area contributed by atoms with Crippen molar-refractivity contribution < 1.29 is 22.6 Å². The lowest BCUT2D eigenvalue weighted by Gasteiger charge is -2.18. The summed E-state index contributed by atoms with van der Waals surface area (Å²) >= 11 is 0. The van der Waals surface area contributed by atoms with Crippen molar-refractivity contribution in [1.82, 2.24) is 9.29 Å². The molecule has 0 saturated carbocycles. The Morgan fingerprint density at radius 2 is 2.00 bits per heavy atom. The maximum absolute atomic E-state index is 13.0. The van der Waals surface area contributed by atoms with Gasteiger partial charge in [0.05, 0.1) is 36.3 Å². The Kier molecular flexibility index (Phi) is 5.07. The van der Waals surface area contributed by atoms with Crippen molar-refractivity contribution >= 4 is 10.0 Å². The van der Waals surface area contributed by atoms with Crippen molar-refractivity contribution in [2.24, 2.45) is 0 Å². The lowest BCUT2D eigenvalue weighted by molar-refractivity contribution is 0.207. The number of fused-ring (bicyclic) bond motifs is 1. The third kappa shape index (κ3) is 3.74. The van der Waals surface area contributed by atoms with E-state index in [0.29, 0.717) is 49.1 Å². The van der Waals surface area contributed by atoms with Crippen molar-refractivity contribution in [3.63, 3.8) is 0 Å². The predicted molar refractivity (Wildman–Crippen MR) is 98.8 cm³/mol. The zero-order valence-corrected chi connectivity index (χ0v) is 15.9. The van der Waals surface area contributed by atoms with Gasteiger partial charge in [0.25, 0.3) is 0 Å². The molecule has 0 N–H and O–H groups in total. The van der Waals surface area contributed by atoms with E-state index >= 15 is 0 Å². The van der Waals surface area contributed by atoms with E-state index in [0.717, 1.165) is 6.42 Å². The Morgan fingerprint density at radius 1 is 1.18 bits per heavy atom. The van der Waals surface area contributed by atoms with Crippen LogP contribution in [0.1, 0.15) is 18.4 Å². The van der Waals surface area contributed by atoms with Crippen molar-refractivity contribution in [3.8, 4) is 23.4 Å². The van der Waals surface area contributed by atoms with Crippen LogP contribution in [-0.4, -0.2) is 50.1 Å². The molecule has 9 heteroatoms. The predicted octanol–water partition coefficient (Wildman–Crippen LogP) is 1.96. The second-order valence-corrected chi connectivity index (χ2v) is 8.48. The van der Waals surface area contributed by atoms with E-state index in [4.69, 9.17) is 19.5 Å². The Bertz CT molecular complexity index is 1020. The lowest BCUT2D eigenvalue weighted by atomic mass is 10.3. The van der Waals surface area contributed by atoms with Crippen molar-refractivity contribution in [1.29, 1.82) is 5.26 Å². The normalized spacial score (nSPS) is 19.6. The Labute approximate surface area is 163 Å². The number of hydrogen-bond acceptors (Lipinski definition) is 7. The molecule has 0 bridgehead atoms. The van der Waals surface area contributed by atoms with Crippen LogP contribution < -0.4 is 14.2 Å². The van der Waals surface area contributed by atoms with E-state index in [1.54, 1.807) is 18.2 Å². The van der Waals surface area contributed by atoms with Gasteiger partial charge >= 0.3 is 0 Å². The zero-order chi connectivity index (χ0) is 19.6. The number of benzene rings is 1. The van der Waals surface area contributed by atoms with Gasteiger partial charge in [-0.3, -0.25) is 0 Å². The summed E-state index contributed by atoms with van der Waals surface area (Å²) in [5.41, 5.74) is 0.444. The highest BCUT2D eigenvalue weighted by Crippen LogP contribution is 2.33. The van der Waals surface area contributed by atoms with Crippen LogP contribution in [0, 0.1) is 11.3 Å². The minimum absolute atomic E-state index is 0.169. The summed E-state index contributed by atoms with van der Waals surface area (Å²) in [6, 6.07) is 9.84. The minimum atomic E-state index is -3.68. The van der Waals surface area contributed by atoms with E-state index in [1.165, 1.54) is 22.6 Å². The number of ether oxygens (including phenoxy) is 3. The summed E-state index contributed by atoms with van der Waals surface area (Å²) < 4.78 is 44.4. The number of nitriles is 1. The van der Waals surface area contributed by atoms with Crippen LogP contribution in [0.15, 0.2) is 41.4 Å². The molecule has 28 heavy (non-hydrogen) atoms. The first-order chi connectivity index (χ1) is 13.6. The topological polar surface area (TPSA) is 102 Å². The van der Waals surface area contributed by atoms with Gasteiger partial charge in [0.1, 0.15) is 6.10 Å². The molecule has 1 aromatic heterocycles. The fraction of sp³-hybridized carbons (Fsp3) is 0.368. The molecular formula is C19H19N3O5S. The summed E-state index contributed by atoms with van der Waals surface area (Å²) in [6.07, 6.45) is 2.47. The van der Waals surface area contributed by atoms with Gasteiger partial charge < -0.3 is 14.2 Å². The van der Waals surface area contributed by atoms with Gasteiger partial charge in [-0.25, -0.2) is 13.4 Å². The van der Waals surface area contributed by atoms with Gasteiger partial charge in [-0.05, 0) is 24.6 Å². The summed E-state index contributed by atoms with van der Waals surface area (Å²) in [7, 11) is -3.68. The molecule has 146 valence electrons. The number of aromatic nitrogens is 1. The molecule has 4 rings (SSSR count). The largest absolute Gasteiger partial charge is 0.490 e. The van der Waals surface area contributed by atoms with Crippen LogP contribution in [-0.2, 0) is 10.0 Å². The van der Waals surface area contributed by atoms with Gasteiger partial charge in [-0.2, -0.15) is 9.57 Å². The molecule has 2 aliphatic heterocycles. The molecule has 0 aliphatic carbocycles. The second-order valence-electron chi connectivity index (χ2n) is 6.55. The lowest BCUT2D eigenvalue weighted by Crippen LogP contribution is -2.31. The average Bonchev–Trinajstić information content (AvgIpc) is 3.05. The molecule has 0 amide bonds. The van der Waals surface area contributed by atoms with Gasteiger partial charge in [0.2, 0.25) is 15.9 Å². The monoisotopic (exact) mass is 401 g/mol. The molecule has 1 aromatic carbocycles. The SMILES string of the molecule is N#Cc1ccnc(OC2CCN(S(=O)(=O)c3ccc4c(c3)OCCCO4)C2)c1. The molecule has 1 saturated heterocycles. The average molecular weight is 401 g/mol. The van der Waals surface area contributed by atoms with E-state index in [2.05, 4.69) is 4.98 Å². The van der Waals surface area contributed by atoms with Gasteiger partial charge in [0, 0.05) is 31.3 Å². The Hall–Kier alpha value is -2.83. The molecular weight excluding hydrogens is 382 g/mol. The molecule has 0 radical (unpaired) electrons. The molecule has 8 nitrogen and oxygen atoms in total. The number of rotatable bonds is 4. The van der Waals surface area contributed by atoms with Crippen molar-refractivity contribution in [2.75, 3.05) is 26.3 Å². The first-order valence-electron chi connectivity index (χ1n) is 8.99. The summed E-state index contributed by atoms with van der Waals surface area (Å²) in [5.74, 6) is 1.32. The third-order valence-electron chi connectivity index (χ3n) is 4.62. The van der Waals surface area contributed by atoms with E-state index in [1.807, 2.05) is 6.07 Å². The number of hydrogen-bond donors (Lipinski definition) is 0. The van der Waals surface area contributed by atoms with Gasteiger partial charge in [0.15, 0.2) is 11.5 Å². The zero-order valence-electron chi connectivity index (χ0n) is 15.1. The first kappa shape index (κ1) is 18.5. The first-order valence-corrected chi connectivity index (χ1v) is 10.4. The highest BCUT2D eigenvalue weighted by molar-refractivity contribution is 7.89. The van der Waals surface area contributed by atoms with Crippen molar-refractivity contribution in [3.05, 3.63) is 42.1 Å². The number of pyridine rings is 1. The van der Waals surface area contributed by atoms with Crippen molar-refractivity contribution in [2.45, 2.75) is 23.8 Å². The summed E-state index contributed by atoms with van der Waals surface area (Å²) in [6.45, 7) is 1.60. The minimum Gasteiger partial charge on any atom is -0.490 e. The van der Waals surface area contributed by atoms with Crippen LogP contribution in [0.4, 0.5) is 0 Å². The van der Waals surface area contributed by atoms with Crippen LogP contribution in [0.5, 0.6) is 17.4 Å². The van der Waals surface area contributed by atoms with E-state index in [9.17, 15) is 8.42 Å². The standard InChI is InChI=1S/C19H19N3O5S/c20-12-14-4-6-21-19(10-14)27-15-5-7-22(13-15)28(23,24)16-2-3-17-18(11-16)26-9-1-8-25-17/h2-4,6,10-11,15H,1,5,7-9,13H2. The van der Waals surface area contributed by atoms with Crippen LogP contribution in [0.3, 0.4) is 0 Å². The number of nitrogens with zero attached hydrogens (tertiary/aromatic N) is 3. The molecule has 3 heterocycles. The maximum Gasteiger partial charge on any atom is 0.243 e. The quantitative estimate of drug-likeness (QED) is 0.772. The van der Waals surface area contributed by atoms with Crippen LogP contribution in [0.2, 0.25) is 0 Å². The van der Waals surface area contributed by atoms with Gasteiger partial charge in [-0.1, -0.05) is 0 Å². The highest BCUT2D eigenvalue weighted by atomic mass is 32.2. The molecule has 1 fully saturated rings. The van der Waals surface area contributed by atoms with Gasteiger partial charge in [-0.15, -0.1) is 0 Å². The Morgan fingerprint density at radius 3 is 2.82 bits per heavy atom. The molecule has 2 aliphatic rings. The molecule has 0 spiro atoms. The third-order valence-corrected chi connectivity index (χ3v) is 6.48. The molecule has 1 atom stereocenters. The molecule has 2 aromatic rings. The fourth-order valence-electron chi connectivity index (χ4n) is 3.18. The summed E-state index contributed by atoms with van der Waals surface area (Å²) in [4.78, 5) is 4.25. The highest BCUT2D eigenvalue weighted by Gasteiger charge is 2.34.